The summed E-state index contributed by atoms with van der Waals surface area (Å²) < 4.78 is 0. The highest BCUT2D eigenvalue weighted by molar-refractivity contribution is 5.99. The number of hydrogen-bond donors (Lipinski definition) is 5. The monoisotopic (exact) mass is 530 g/mol. The van der Waals surface area contributed by atoms with Crippen LogP contribution in [0.5, 0.6) is 0 Å². The first-order valence-electron chi connectivity index (χ1n) is 13.8. The first kappa shape index (κ1) is 27.2. The number of nitrogens with two attached hydrogens (primary N) is 1. The van der Waals surface area contributed by atoms with Gasteiger partial charge >= 0.3 is 0 Å². The fraction of sp³-hybridized carbons (Fsp3) is 0.433. The van der Waals surface area contributed by atoms with Crippen molar-refractivity contribution in [3.8, 4) is 0 Å². The second-order valence-electron chi connectivity index (χ2n) is 10.7. The summed E-state index contributed by atoms with van der Waals surface area (Å²) >= 11 is 0. The largest absolute Gasteiger partial charge is 0.392 e. The van der Waals surface area contributed by atoms with E-state index in [4.69, 9.17) is 5.73 Å². The smallest absolute Gasteiger partial charge is 0.247 e. The molecule has 206 valence electrons. The van der Waals surface area contributed by atoms with Gasteiger partial charge < -0.3 is 31.7 Å². The van der Waals surface area contributed by atoms with E-state index in [0.29, 0.717) is 51.1 Å². The van der Waals surface area contributed by atoms with Gasteiger partial charge in [-0.05, 0) is 62.4 Å². The summed E-state index contributed by atoms with van der Waals surface area (Å²) in [6.07, 6.45) is 3.69. The van der Waals surface area contributed by atoms with Crippen molar-refractivity contribution in [2.75, 3.05) is 31.5 Å². The fourth-order valence-electron chi connectivity index (χ4n) is 5.60. The van der Waals surface area contributed by atoms with Gasteiger partial charge in [0.2, 0.25) is 11.8 Å². The number of aliphatic hydroxyl groups excluding tert-OH is 1. The molecule has 2 aliphatic heterocycles. The lowest BCUT2D eigenvalue weighted by atomic mass is 10.0. The molecule has 39 heavy (non-hydrogen) atoms. The minimum atomic E-state index is -0.623. The normalized spacial score (nSPS) is 23.7. The molecule has 2 aliphatic rings. The molecular weight excluding hydrogens is 492 g/mol. The van der Waals surface area contributed by atoms with Crippen LogP contribution < -0.4 is 21.7 Å². The zero-order valence-electron chi connectivity index (χ0n) is 22.1. The van der Waals surface area contributed by atoms with Gasteiger partial charge in [0.05, 0.1) is 29.5 Å². The van der Waals surface area contributed by atoms with Crippen LogP contribution in [-0.2, 0) is 16.0 Å². The van der Waals surface area contributed by atoms with Gasteiger partial charge in [-0.1, -0.05) is 48.5 Å². The van der Waals surface area contributed by atoms with Crippen molar-refractivity contribution in [1.29, 1.82) is 0 Å². The van der Waals surface area contributed by atoms with Crippen LogP contribution in [-0.4, -0.2) is 77.2 Å². The number of aromatic nitrogens is 1. The van der Waals surface area contributed by atoms with E-state index in [-0.39, 0.29) is 29.8 Å². The summed E-state index contributed by atoms with van der Waals surface area (Å²) in [5.74, 6) is -0.0504. The number of aryl methyl sites for hydroxylation is 1. The first-order valence-corrected chi connectivity index (χ1v) is 13.8. The molecule has 9 nitrogen and oxygen atoms in total. The quantitative estimate of drug-likeness (QED) is 0.269. The van der Waals surface area contributed by atoms with Crippen molar-refractivity contribution in [3.05, 3.63) is 72.4 Å². The number of nitrogens with zero attached hydrogens (tertiary/aromatic N) is 2. The summed E-state index contributed by atoms with van der Waals surface area (Å²) in [4.78, 5) is 33.2. The molecule has 2 aromatic carbocycles. The Morgan fingerprint density at radius 2 is 1.92 bits per heavy atom. The second kappa shape index (κ2) is 12.7. The van der Waals surface area contributed by atoms with Crippen molar-refractivity contribution in [2.45, 2.75) is 49.9 Å². The Balaban J connectivity index is 1.23. The van der Waals surface area contributed by atoms with E-state index < -0.39 is 12.1 Å². The molecule has 0 unspecified atom stereocenters. The van der Waals surface area contributed by atoms with Gasteiger partial charge in [0.1, 0.15) is 6.04 Å². The zero-order valence-corrected chi connectivity index (χ0v) is 22.1. The van der Waals surface area contributed by atoms with E-state index in [2.05, 4.69) is 33.1 Å². The van der Waals surface area contributed by atoms with Crippen LogP contribution in [0.4, 0.5) is 5.69 Å². The minimum absolute atomic E-state index is 0.0725. The summed E-state index contributed by atoms with van der Waals surface area (Å²) in [5.41, 5.74) is 8.47. The highest BCUT2D eigenvalue weighted by Crippen LogP contribution is 2.25. The van der Waals surface area contributed by atoms with Crippen LogP contribution in [0.2, 0.25) is 0 Å². The Morgan fingerprint density at radius 3 is 2.72 bits per heavy atom. The molecule has 0 aliphatic carbocycles. The topological polar surface area (TPSA) is 133 Å². The Kier molecular flexibility index (Phi) is 8.83. The van der Waals surface area contributed by atoms with Crippen molar-refractivity contribution >= 4 is 28.4 Å². The molecule has 5 rings (SSSR count). The lowest BCUT2D eigenvalue weighted by Gasteiger charge is -2.26. The fourth-order valence-corrected chi connectivity index (χ4v) is 5.60. The van der Waals surface area contributed by atoms with Crippen molar-refractivity contribution in [3.63, 3.8) is 0 Å². The van der Waals surface area contributed by atoms with Crippen molar-refractivity contribution in [1.82, 2.24) is 20.5 Å². The van der Waals surface area contributed by atoms with Crippen LogP contribution in [0.3, 0.4) is 0 Å². The number of aliphatic hydroxyl groups is 1. The van der Waals surface area contributed by atoms with Crippen LogP contribution in [0.1, 0.15) is 24.8 Å². The highest BCUT2D eigenvalue weighted by atomic mass is 16.3. The van der Waals surface area contributed by atoms with E-state index in [1.54, 1.807) is 11.1 Å². The molecule has 5 atom stereocenters. The lowest BCUT2D eigenvalue weighted by molar-refractivity contribution is -0.138. The number of para-hydroxylation sites is 1. The number of nitrogens with one attached hydrogen (secondary N) is 3. The summed E-state index contributed by atoms with van der Waals surface area (Å²) in [5, 5.41) is 21.2. The molecule has 2 amide bonds. The summed E-state index contributed by atoms with van der Waals surface area (Å²) in [6, 6.07) is 18.6. The minimum Gasteiger partial charge on any atom is -0.392 e. The van der Waals surface area contributed by atoms with Gasteiger partial charge in [-0.15, -0.1) is 0 Å². The maximum absolute atomic E-state index is 13.5. The predicted molar refractivity (Wildman–Crippen MR) is 152 cm³/mol. The average Bonchev–Trinajstić information content (AvgIpc) is 3.63. The van der Waals surface area contributed by atoms with Crippen molar-refractivity contribution < 1.29 is 14.7 Å². The third kappa shape index (κ3) is 6.80. The number of rotatable bonds is 10. The van der Waals surface area contributed by atoms with E-state index in [1.165, 1.54) is 5.56 Å². The Hall–Kier alpha value is -3.37. The Morgan fingerprint density at radius 1 is 1.13 bits per heavy atom. The molecular formula is C30H38N6O3. The highest BCUT2D eigenvalue weighted by Gasteiger charge is 2.43. The van der Waals surface area contributed by atoms with Gasteiger partial charge in [0.25, 0.3) is 0 Å². The number of anilines is 1. The number of amides is 2. The Labute approximate surface area is 229 Å². The van der Waals surface area contributed by atoms with Crippen LogP contribution >= 0.6 is 0 Å². The maximum atomic E-state index is 13.5. The van der Waals surface area contributed by atoms with Gasteiger partial charge in [-0.3, -0.25) is 14.6 Å². The molecule has 0 radical (unpaired) electrons. The third-order valence-corrected chi connectivity index (χ3v) is 7.85. The molecule has 1 aromatic heterocycles. The van der Waals surface area contributed by atoms with Gasteiger partial charge in [0, 0.05) is 24.5 Å². The van der Waals surface area contributed by atoms with Gasteiger partial charge in [-0.2, -0.15) is 0 Å². The van der Waals surface area contributed by atoms with E-state index >= 15 is 0 Å². The number of benzene rings is 2. The van der Waals surface area contributed by atoms with Gasteiger partial charge in [0.15, 0.2) is 0 Å². The molecule has 0 spiro atoms. The van der Waals surface area contributed by atoms with E-state index in [1.807, 2.05) is 48.5 Å². The summed E-state index contributed by atoms with van der Waals surface area (Å²) in [7, 11) is 0. The predicted octanol–water partition coefficient (Wildman–Crippen LogP) is 1.66. The number of carbonyl (C=O) groups is 2. The van der Waals surface area contributed by atoms with Crippen LogP contribution in [0, 0.1) is 5.92 Å². The molecule has 9 heteroatoms. The van der Waals surface area contributed by atoms with E-state index in [0.717, 1.165) is 17.3 Å². The third-order valence-electron chi connectivity index (χ3n) is 7.85. The number of pyridine rings is 1. The van der Waals surface area contributed by atoms with Gasteiger partial charge in [-0.25, -0.2) is 0 Å². The Bertz CT molecular complexity index is 1270. The number of carbonyl (C=O) groups excluding carboxylic acids is 2. The molecule has 0 saturated carbocycles. The van der Waals surface area contributed by atoms with Crippen LogP contribution in [0.25, 0.3) is 10.9 Å². The molecule has 0 bridgehead atoms. The molecule has 2 fully saturated rings. The second-order valence-corrected chi connectivity index (χ2v) is 10.7. The number of hydrogen-bond acceptors (Lipinski definition) is 7. The van der Waals surface area contributed by atoms with Crippen LogP contribution in [0.15, 0.2) is 66.9 Å². The lowest BCUT2D eigenvalue weighted by Crippen LogP contribution is -2.50. The SMILES string of the molecule is NC[C@H]1CN[C@H](C(=O)N2C[C@H](NC[C@H](O)CCc3ccccc3)C[C@H]2C(=O)Nc2cnc3ccccc3c2)C1. The van der Waals surface area contributed by atoms with E-state index in [9.17, 15) is 14.7 Å². The molecule has 3 aromatic rings. The summed E-state index contributed by atoms with van der Waals surface area (Å²) in [6.45, 7) is 2.04. The molecule has 3 heterocycles. The first-order chi connectivity index (χ1) is 19.0. The van der Waals surface area contributed by atoms with Crippen molar-refractivity contribution in [2.24, 2.45) is 11.7 Å². The molecule has 2 saturated heterocycles. The number of likely N-dealkylation sites (tertiary alicyclic amines) is 1. The number of fused-ring (bicyclic) bond motifs is 1. The maximum Gasteiger partial charge on any atom is 0.247 e. The molecule has 6 N–H and O–H groups in total. The standard InChI is InChI=1S/C30H38N6O3/c31-15-21-12-27(33-16-21)30(39)36-19-24(32-18-25(37)11-10-20-6-2-1-3-7-20)14-28(36)29(38)35-23-13-22-8-4-5-9-26(22)34-17-23/h1-9,13,17,21,24-25,27-28,32-33,37H,10-12,14-16,18-19,31H2,(H,35,38)/t21-,24+,25+,27-,28-/m0/s1. The average molecular weight is 531 g/mol. The zero-order chi connectivity index (χ0) is 27.2.